The molecule has 0 saturated carbocycles. The second kappa shape index (κ2) is 5.64. The molecule has 0 unspecified atom stereocenters. The molecule has 0 atom stereocenters. The van der Waals surface area contributed by atoms with Crippen molar-refractivity contribution >= 4 is 5.97 Å². The Kier molecular flexibility index (Phi) is 3.65. The molecule has 0 saturated heterocycles. The molecule has 6 heteroatoms. The Balaban J connectivity index is 2.11. The highest BCUT2D eigenvalue weighted by atomic mass is 19.1. The molecule has 0 spiro atoms. The summed E-state index contributed by atoms with van der Waals surface area (Å²) in [5.74, 6) is -1.22. The summed E-state index contributed by atoms with van der Waals surface area (Å²) in [6, 6.07) is 9.15. The molecule has 1 N–H and O–H groups in total. The number of rotatable bonds is 3. The number of halogens is 1. The average molecular weight is 312 g/mol. The number of carbonyl (C=O) groups is 1. The zero-order valence-electron chi connectivity index (χ0n) is 12.5. The second-order valence-corrected chi connectivity index (χ2v) is 5.17. The molecule has 3 rings (SSSR count). The van der Waals surface area contributed by atoms with Gasteiger partial charge in [0, 0.05) is 5.56 Å². The summed E-state index contributed by atoms with van der Waals surface area (Å²) in [4.78, 5) is 15.4. The van der Waals surface area contributed by atoms with Gasteiger partial charge in [-0.1, -0.05) is 17.3 Å². The maximum absolute atomic E-state index is 13.8. The molecular formula is C17H13FN2O3. The molecule has 116 valence electrons. The van der Waals surface area contributed by atoms with Crippen LogP contribution >= 0.6 is 0 Å². The smallest absolute Gasteiger partial charge is 0.335 e. The third-order valence-corrected chi connectivity index (χ3v) is 3.69. The van der Waals surface area contributed by atoms with Gasteiger partial charge in [0.15, 0.2) is 0 Å². The van der Waals surface area contributed by atoms with Gasteiger partial charge in [0.25, 0.3) is 5.89 Å². The van der Waals surface area contributed by atoms with Crippen LogP contribution in [-0.2, 0) is 0 Å². The summed E-state index contributed by atoms with van der Waals surface area (Å²) in [5, 5.41) is 13.0. The van der Waals surface area contributed by atoms with E-state index < -0.39 is 11.8 Å². The lowest BCUT2D eigenvalue weighted by atomic mass is 9.99. The molecule has 0 radical (unpaired) electrons. The minimum atomic E-state index is -1.04. The van der Waals surface area contributed by atoms with Crippen LogP contribution in [0, 0.1) is 19.7 Å². The third kappa shape index (κ3) is 2.70. The number of carboxylic acid groups (broad SMARTS) is 1. The maximum atomic E-state index is 13.8. The van der Waals surface area contributed by atoms with E-state index in [-0.39, 0.29) is 22.8 Å². The van der Waals surface area contributed by atoms with Crippen LogP contribution in [0.4, 0.5) is 4.39 Å². The van der Waals surface area contributed by atoms with Crippen LogP contribution in [0.1, 0.15) is 21.5 Å². The number of carboxylic acids is 1. The highest BCUT2D eigenvalue weighted by molar-refractivity contribution is 5.90. The monoisotopic (exact) mass is 312 g/mol. The van der Waals surface area contributed by atoms with E-state index in [0.717, 1.165) is 11.1 Å². The highest BCUT2D eigenvalue weighted by Crippen LogP contribution is 2.28. The largest absolute Gasteiger partial charge is 0.478 e. The predicted molar refractivity (Wildman–Crippen MR) is 81.6 cm³/mol. The summed E-state index contributed by atoms with van der Waals surface area (Å²) in [6.07, 6.45) is 0. The van der Waals surface area contributed by atoms with E-state index in [2.05, 4.69) is 10.1 Å². The number of aromatic carboxylic acids is 1. The topological polar surface area (TPSA) is 76.2 Å². The molecular weight excluding hydrogens is 299 g/mol. The molecule has 0 aliphatic heterocycles. The normalized spacial score (nSPS) is 10.7. The highest BCUT2D eigenvalue weighted by Gasteiger charge is 2.17. The van der Waals surface area contributed by atoms with Gasteiger partial charge in [-0.3, -0.25) is 0 Å². The van der Waals surface area contributed by atoms with Gasteiger partial charge in [-0.2, -0.15) is 4.98 Å². The van der Waals surface area contributed by atoms with Gasteiger partial charge in [-0.05, 0) is 49.2 Å². The molecule has 0 aliphatic rings. The van der Waals surface area contributed by atoms with Crippen molar-refractivity contribution in [1.29, 1.82) is 0 Å². The summed E-state index contributed by atoms with van der Waals surface area (Å²) in [5.41, 5.74) is 2.54. The first-order valence-electron chi connectivity index (χ1n) is 6.91. The van der Waals surface area contributed by atoms with Crippen LogP contribution in [-0.4, -0.2) is 21.2 Å². The van der Waals surface area contributed by atoms with Crippen molar-refractivity contribution in [2.75, 3.05) is 0 Å². The van der Waals surface area contributed by atoms with E-state index in [1.54, 1.807) is 24.3 Å². The van der Waals surface area contributed by atoms with E-state index in [4.69, 9.17) is 4.52 Å². The number of aromatic nitrogens is 2. The zero-order valence-corrected chi connectivity index (χ0v) is 12.5. The first-order chi connectivity index (χ1) is 11.0. The number of benzene rings is 2. The van der Waals surface area contributed by atoms with Crippen LogP contribution in [0.2, 0.25) is 0 Å². The molecule has 23 heavy (non-hydrogen) atoms. The Labute approximate surface area is 131 Å². The van der Waals surface area contributed by atoms with Gasteiger partial charge in [-0.15, -0.1) is 0 Å². The standard InChI is InChI=1S/C17H13FN2O3/c1-9-7-11(17(21)22)8-13(10(9)2)15-19-16(23-20-15)12-5-3-4-6-14(12)18/h3-8H,1-2H3,(H,21,22). The molecule has 0 bridgehead atoms. The molecule has 3 aromatic rings. The number of hydrogen-bond donors (Lipinski definition) is 1. The molecule has 0 amide bonds. The van der Waals surface area contributed by atoms with Gasteiger partial charge in [0.2, 0.25) is 5.82 Å². The van der Waals surface area contributed by atoms with Crippen molar-refractivity contribution in [3.05, 3.63) is 58.9 Å². The summed E-state index contributed by atoms with van der Waals surface area (Å²) < 4.78 is 18.9. The van der Waals surface area contributed by atoms with E-state index in [1.807, 2.05) is 13.8 Å². The predicted octanol–water partition coefficient (Wildman–Crippen LogP) is 3.86. The molecule has 1 heterocycles. The number of aryl methyl sites for hydroxylation is 1. The lowest BCUT2D eigenvalue weighted by Crippen LogP contribution is -2.00. The Morgan fingerprint density at radius 2 is 1.91 bits per heavy atom. The third-order valence-electron chi connectivity index (χ3n) is 3.69. The molecule has 2 aromatic carbocycles. The minimum Gasteiger partial charge on any atom is -0.478 e. The quantitative estimate of drug-likeness (QED) is 0.794. The van der Waals surface area contributed by atoms with Crippen molar-refractivity contribution in [3.8, 4) is 22.8 Å². The van der Waals surface area contributed by atoms with Gasteiger partial charge in [0.05, 0.1) is 11.1 Å². The molecule has 0 aliphatic carbocycles. The molecule has 0 fully saturated rings. The Morgan fingerprint density at radius 1 is 1.17 bits per heavy atom. The van der Waals surface area contributed by atoms with Crippen LogP contribution in [0.5, 0.6) is 0 Å². The van der Waals surface area contributed by atoms with Crippen LogP contribution in [0.3, 0.4) is 0 Å². The van der Waals surface area contributed by atoms with Crippen molar-refractivity contribution in [3.63, 3.8) is 0 Å². The van der Waals surface area contributed by atoms with E-state index in [1.165, 1.54) is 12.1 Å². The van der Waals surface area contributed by atoms with E-state index in [0.29, 0.717) is 5.56 Å². The van der Waals surface area contributed by atoms with Gasteiger partial charge < -0.3 is 9.63 Å². The Morgan fingerprint density at radius 3 is 2.61 bits per heavy atom. The van der Waals surface area contributed by atoms with Crippen LogP contribution in [0.25, 0.3) is 22.8 Å². The van der Waals surface area contributed by atoms with Gasteiger partial charge in [0.1, 0.15) is 5.82 Å². The zero-order chi connectivity index (χ0) is 16.6. The second-order valence-electron chi connectivity index (χ2n) is 5.17. The minimum absolute atomic E-state index is 0.0517. The SMILES string of the molecule is Cc1cc(C(=O)O)cc(-c2noc(-c3ccccc3F)n2)c1C. The fourth-order valence-corrected chi connectivity index (χ4v) is 2.29. The van der Waals surface area contributed by atoms with Crippen molar-refractivity contribution in [2.24, 2.45) is 0 Å². The Hall–Kier alpha value is -3.02. The fourth-order valence-electron chi connectivity index (χ4n) is 2.29. The van der Waals surface area contributed by atoms with Gasteiger partial charge >= 0.3 is 5.97 Å². The van der Waals surface area contributed by atoms with Gasteiger partial charge in [-0.25, -0.2) is 9.18 Å². The number of hydrogen-bond acceptors (Lipinski definition) is 4. The lowest BCUT2D eigenvalue weighted by Gasteiger charge is -2.07. The van der Waals surface area contributed by atoms with Crippen LogP contribution in [0.15, 0.2) is 40.9 Å². The van der Waals surface area contributed by atoms with Crippen LogP contribution < -0.4 is 0 Å². The van der Waals surface area contributed by atoms with E-state index >= 15 is 0 Å². The number of nitrogens with zero attached hydrogens (tertiary/aromatic N) is 2. The summed E-state index contributed by atoms with van der Waals surface area (Å²) >= 11 is 0. The summed E-state index contributed by atoms with van der Waals surface area (Å²) in [6.45, 7) is 3.65. The summed E-state index contributed by atoms with van der Waals surface area (Å²) in [7, 11) is 0. The lowest BCUT2D eigenvalue weighted by molar-refractivity contribution is 0.0697. The molecule has 1 aromatic heterocycles. The maximum Gasteiger partial charge on any atom is 0.335 e. The first-order valence-corrected chi connectivity index (χ1v) is 6.91. The fraction of sp³-hybridized carbons (Fsp3) is 0.118. The average Bonchev–Trinajstić information content (AvgIpc) is 2.99. The van der Waals surface area contributed by atoms with E-state index in [9.17, 15) is 14.3 Å². The first kappa shape index (κ1) is 14.9. The molecule has 5 nitrogen and oxygen atoms in total. The Bertz CT molecular complexity index is 903. The van der Waals surface area contributed by atoms with Crippen molar-refractivity contribution in [1.82, 2.24) is 10.1 Å². The van der Waals surface area contributed by atoms with Crippen molar-refractivity contribution < 1.29 is 18.8 Å². The van der Waals surface area contributed by atoms with Crippen molar-refractivity contribution in [2.45, 2.75) is 13.8 Å².